The molecule has 0 aromatic carbocycles. The van der Waals surface area contributed by atoms with Gasteiger partial charge in [0.05, 0.1) is 6.61 Å². The zero-order valence-corrected chi connectivity index (χ0v) is 10.8. The molecule has 0 saturated carbocycles. The molecule has 1 aromatic rings. The lowest BCUT2D eigenvalue weighted by atomic mass is 10.1. The summed E-state index contributed by atoms with van der Waals surface area (Å²) in [6.07, 6.45) is 0.580. The molecule has 1 heterocycles. The summed E-state index contributed by atoms with van der Waals surface area (Å²) >= 11 is 0. The van der Waals surface area contributed by atoms with Gasteiger partial charge in [0.15, 0.2) is 0 Å². The fourth-order valence-electron chi connectivity index (χ4n) is 1.35. The lowest BCUT2D eigenvalue weighted by Gasteiger charge is -2.10. The highest BCUT2D eigenvalue weighted by Gasteiger charge is 2.26. The van der Waals surface area contributed by atoms with Crippen molar-refractivity contribution in [2.45, 2.75) is 33.1 Å². The topological polar surface area (TPSA) is 68.5 Å². The molecule has 1 atom stereocenters. The summed E-state index contributed by atoms with van der Waals surface area (Å²) in [7, 11) is 1.86. The summed E-state index contributed by atoms with van der Waals surface area (Å²) in [4.78, 5) is 17.7. The minimum atomic E-state index is -0.471. The van der Waals surface area contributed by atoms with E-state index in [1.807, 2.05) is 25.8 Å². The van der Waals surface area contributed by atoms with Crippen LogP contribution in [0.15, 0.2) is 4.52 Å². The van der Waals surface area contributed by atoms with Gasteiger partial charge < -0.3 is 14.2 Å². The number of hydrogen-bond donors (Lipinski definition) is 0. The molecule has 0 amide bonds. The lowest BCUT2D eigenvalue weighted by Crippen LogP contribution is -2.18. The van der Waals surface area contributed by atoms with E-state index >= 15 is 0 Å². The number of anilines is 1. The molecule has 17 heavy (non-hydrogen) atoms. The molecule has 0 bridgehead atoms. The van der Waals surface area contributed by atoms with Crippen molar-refractivity contribution in [3.63, 3.8) is 0 Å². The number of esters is 1. The normalized spacial score (nSPS) is 12.2. The Bertz CT molecular complexity index is 365. The number of nitrogens with zero attached hydrogens (tertiary/aromatic N) is 3. The van der Waals surface area contributed by atoms with Gasteiger partial charge in [-0.3, -0.25) is 4.79 Å². The van der Waals surface area contributed by atoms with Gasteiger partial charge in [0.1, 0.15) is 5.92 Å². The molecular weight excluding hydrogens is 222 g/mol. The van der Waals surface area contributed by atoms with Crippen molar-refractivity contribution in [3.05, 3.63) is 5.89 Å². The Labute approximate surface area is 101 Å². The Morgan fingerprint density at radius 3 is 2.71 bits per heavy atom. The van der Waals surface area contributed by atoms with E-state index in [1.165, 1.54) is 0 Å². The van der Waals surface area contributed by atoms with Crippen molar-refractivity contribution in [2.75, 3.05) is 25.1 Å². The molecular formula is C11H19N3O3. The summed E-state index contributed by atoms with van der Waals surface area (Å²) in [5, 5.41) is 3.83. The molecule has 0 aliphatic rings. The smallest absolute Gasteiger partial charge is 0.318 e. The first kappa shape index (κ1) is 13.5. The van der Waals surface area contributed by atoms with Crippen LogP contribution in [0.5, 0.6) is 0 Å². The molecule has 0 fully saturated rings. The molecule has 0 saturated heterocycles. The van der Waals surface area contributed by atoms with Crippen molar-refractivity contribution in [3.8, 4) is 0 Å². The van der Waals surface area contributed by atoms with Crippen molar-refractivity contribution in [1.82, 2.24) is 10.1 Å². The third kappa shape index (κ3) is 3.18. The van der Waals surface area contributed by atoms with Gasteiger partial charge in [0.25, 0.3) is 5.95 Å². The highest BCUT2D eigenvalue weighted by atomic mass is 16.5. The van der Waals surface area contributed by atoms with Crippen molar-refractivity contribution in [2.24, 2.45) is 0 Å². The van der Waals surface area contributed by atoms with Gasteiger partial charge in [-0.25, -0.2) is 0 Å². The van der Waals surface area contributed by atoms with Crippen LogP contribution in [-0.2, 0) is 9.53 Å². The highest BCUT2D eigenvalue weighted by Crippen LogP contribution is 2.21. The average molecular weight is 241 g/mol. The maximum Gasteiger partial charge on any atom is 0.318 e. The molecule has 6 nitrogen and oxygen atoms in total. The molecule has 0 spiro atoms. The quantitative estimate of drug-likeness (QED) is 0.704. The SMILES string of the molecule is CCOC(=O)C(CC)c1nc(N(C)CC)no1. The summed E-state index contributed by atoms with van der Waals surface area (Å²) in [5.74, 6) is 0.0253. The Balaban J connectivity index is 2.82. The largest absolute Gasteiger partial charge is 0.465 e. The minimum absolute atomic E-state index is 0.315. The third-order valence-corrected chi connectivity index (χ3v) is 2.52. The van der Waals surface area contributed by atoms with E-state index in [9.17, 15) is 4.79 Å². The summed E-state index contributed by atoms with van der Waals surface area (Å²) in [6.45, 7) is 6.77. The molecule has 1 unspecified atom stereocenters. The van der Waals surface area contributed by atoms with Crippen LogP contribution in [-0.4, -0.2) is 36.3 Å². The first-order valence-electron chi connectivity index (χ1n) is 5.85. The predicted molar refractivity (Wildman–Crippen MR) is 62.9 cm³/mol. The Morgan fingerprint density at radius 2 is 2.18 bits per heavy atom. The van der Waals surface area contributed by atoms with E-state index in [2.05, 4.69) is 10.1 Å². The van der Waals surface area contributed by atoms with Crippen molar-refractivity contribution >= 4 is 11.9 Å². The molecule has 0 radical (unpaired) electrons. The van der Waals surface area contributed by atoms with Gasteiger partial charge >= 0.3 is 5.97 Å². The lowest BCUT2D eigenvalue weighted by molar-refractivity contribution is -0.145. The zero-order valence-electron chi connectivity index (χ0n) is 10.8. The van der Waals surface area contributed by atoms with Crippen LogP contribution < -0.4 is 4.90 Å². The highest BCUT2D eigenvalue weighted by molar-refractivity contribution is 5.76. The Morgan fingerprint density at radius 1 is 1.47 bits per heavy atom. The van der Waals surface area contributed by atoms with Crippen LogP contribution in [0.2, 0.25) is 0 Å². The van der Waals surface area contributed by atoms with Gasteiger partial charge in [-0.15, -0.1) is 0 Å². The van der Waals surface area contributed by atoms with Crippen LogP contribution in [0.4, 0.5) is 5.95 Å². The molecule has 96 valence electrons. The first-order chi connectivity index (χ1) is 8.13. The van der Waals surface area contributed by atoms with Crippen LogP contribution in [0.25, 0.3) is 0 Å². The predicted octanol–water partition coefficient (Wildman–Crippen LogP) is 1.58. The summed E-state index contributed by atoms with van der Waals surface area (Å²) < 4.78 is 10.1. The second-order valence-corrected chi connectivity index (χ2v) is 3.66. The standard InChI is InChI=1S/C11H19N3O3/c1-5-8(10(15)16-7-3)9-12-11(13-17-9)14(4)6-2/h8H,5-7H2,1-4H3. The number of rotatable bonds is 6. The number of ether oxygens (including phenoxy) is 1. The molecule has 0 aliphatic carbocycles. The van der Waals surface area contributed by atoms with Crippen LogP contribution in [0.3, 0.4) is 0 Å². The van der Waals surface area contributed by atoms with Gasteiger partial charge in [-0.05, 0) is 25.4 Å². The second-order valence-electron chi connectivity index (χ2n) is 3.66. The first-order valence-corrected chi connectivity index (χ1v) is 5.85. The maximum atomic E-state index is 11.7. The van der Waals surface area contributed by atoms with Crippen LogP contribution in [0, 0.1) is 0 Å². The van der Waals surface area contributed by atoms with Gasteiger partial charge in [0, 0.05) is 13.6 Å². The van der Waals surface area contributed by atoms with E-state index in [-0.39, 0.29) is 5.97 Å². The number of hydrogen-bond acceptors (Lipinski definition) is 6. The zero-order chi connectivity index (χ0) is 12.8. The van der Waals surface area contributed by atoms with Crippen molar-refractivity contribution in [1.29, 1.82) is 0 Å². The minimum Gasteiger partial charge on any atom is -0.465 e. The molecule has 0 N–H and O–H groups in total. The summed E-state index contributed by atoms with van der Waals surface area (Å²) in [5.41, 5.74) is 0. The molecule has 6 heteroatoms. The van der Waals surface area contributed by atoms with Crippen molar-refractivity contribution < 1.29 is 14.1 Å². The average Bonchev–Trinajstić information content (AvgIpc) is 2.79. The van der Waals surface area contributed by atoms with Gasteiger partial charge in [0.2, 0.25) is 5.89 Å². The van der Waals surface area contributed by atoms with E-state index in [4.69, 9.17) is 9.26 Å². The summed E-state index contributed by atoms with van der Waals surface area (Å²) in [6, 6.07) is 0. The molecule has 0 aliphatic heterocycles. The maximum absolute atomic E-state index is 11.7. The van der Waals surface area contributed by atoms with E-state index in [0.29, 0.717) is 24.9 Å². The van der Waals surface area contributed by atoms with E-state index in [1.54, 1.807) is 6.92 Å². The Kier molecular flexibility index (Phi) is 4.93. The van der Waals surface area contributed by atoms with Gasteiger partial charge in [-0.1, -0.05) is 6.92 Å². The molecule has 1 rings (SSSR count). The Hall–Kier alpha value is -1.59. The number of carbonyl (C=O) groups excluding carboxylic acids is 1. The van der Waals surface area contributed by atoms with Gasteiger partial charge in [-0.2, -0.15) is 4.98 Å². The van der Waals surface area contributed by atoms with Crippen LogP contribution in [0.1, 0.15) is 39.0 Å². The second kappa shape index (κ2) is 6.22. The monoisotopic (exact) mass is 241 g/mol. The number of carbonyl (C=O) groups is 1. The third-order valence-electron chi connectivity index (χ3n) is 2.52. The number of aromatic nitrogens is 2. The van der Waals surface area contributed by atoms with E-state index in [0.717, 1.165) is 6.54 Å². The fraction of sp³-hybridized carbons (Fsp3) is 0.727. The fourth-order valence-corrected chi connectivity index (χ4v) is 1.35. The van der Waals surface area contributed by atoms with Crippen LogP contribution >= 0.6 is 0 Å². The van der Waals surface area contributed by atoms with E-state index < -0.39 is 5.92 Å². The molecule has 1 aromatic heterocycles.